The van der Waals surface area contributed by atoms with E-state index in [-0.39, 0.29) is 18.3 Å². The minimum Gasteiger partial charge on any atom is -0.378 e. The van der Waals surface area contributed by atoms with E-state index < -0.39 is 5.82 Å². The largest absolute Gasteiger partial charge is 0.378 e. The predicted octanol–water partition coefficient (Wildman–Crippen LogP) is 5.59. The maximum absolute atomic E-state index is 14.2. The Bertz CT molecular complexity index is 1350. The molecule has 1 aromatic carbocycles. The number of anilines is 3. The first-order chi connectivity index (χ1) is 17.6. The molecule has 182 valence electrons. The summed E-state index contributed by atoms with van der Waals surface area (Å²) < 4.78 is 19.5. The van der Waals surface area contributed by atoms with Crippen molar-refractivity contribution >= 4 is 34.7 Å². The molecule has 0 amide bonds. The topological polar surface area (TPSA) is 101 Å². The van der Waals surface area contributed by atoms with E-state index in [4.69, 9.17) is 16.3 Å². The van der Waals surface area contributed by atoms with Crippen molar-refractivity contribution in [3.8, 4) is 11.1 Å². The summed E-state index contributed by atoms with van der Waals surface area (Å²) in [6.45, 7) is 2.42. The van der Waals surface area contributed by atoms with E-state index >= 15 is 0 Å². The first-order valence-corrected chi connectivity index (χ1v) is 11.7. The van der Waals surface area contributed by atoms with Gasteiger partial charge in [0.1, 0.15) is 6.54 Å². The highest BCUT2D eigenvalue weighted by Gasteiger charge is 2.17. The number of nitrogens with one attached hydrogen (secondary N) is 1. The second-order valence-electron chi connectivity index (χ2n) is 7.97. The normalized spacial score (nSPS) is 13.8. The van der Waals surface area contributed by atoms with Crippen LogP contribution in [-0.2, 0) is 11.3 Å². The molecule has 9 nitrogen and oxygen atoms in total. The number of hydrogen-bond acceptors (Lipinski definition) is 9. The van der Waals surface area contributed by atoms with Crippen LogP contribution in [0.4, 0.5) is 27.5 Å². The van der Waals surface area contributed by atoms with Crippen molar-refractivity contribution in [3.05, 3.63) is 83.8 Å². The van der Waals surface area contributed by atoms with Crippen LogP contribution in [0.3, 0.4) is 0 Å². The van der Waals surface area contributed by atoms with Crippen LogP contribution in [0, 0.1) is 5.82 Å². The third-order valence-corrected chi connectivity index (χ3v) is 5.64. The summed E-state index contributed by atoms with van der Waals surface area (Å²) in [5, 5.41) is 12.1. The highest BCUT2D eigenvalue weighted by Crippen LogP contribution is 2.28. The summed E-state index contributed by atoms with van der Waals surface area (Å²) >= 11 is 6.32. The van der Waals surface area contributed by atoms with Gasteiger partial charge < -0.3 is 15.0 Å². The highest BCUT2D eigenvalue weighted by molar-refractivity contribution is 6.31. The molecule has 0 unspecified atom stereocenters. The minimum atomic E-state index is -0.493. The van der Waals surface area contributed by atoms with Crippen LogP contribution in [0.5, 0.6) is 0 Å². The van der Waals surface area contributed by atoms with Crippen molar-refractivity contribution in [2.45, 2.75) is 6.54 Å². The summed E-state index contributed by atoms with van der Waals surface area (Å²) in [6, 6.07) is 13.3. The first-order valence-electron chi connectivity index (χ1n) is 11.3. The summed E-state index contributed by atoms with van der Waals surface area (Å²) in [5.41, 5.74) is 4.28. The fourth-order valence-corrected chi connectivity index (χ4v) is 3.92. The first kappa shape index (κ1) is 23.7. The van der Waals surface area contributed by atoms with Gasteiger partial charge in [-0.15, -0.1) is 5.11 Å². The number of azo groups is 1. The molecule has 0 saturated carbocycles. The molecule has 0 radical (unpaired) electrons. The SMILES string of the molecule is Fc1cnc(N=NCc2ccc(Nc3cc(Cl)cc(-c4cccnc4)c3)cn2)nc1N1CCOCC1. The Hall–Kier alpha value is -4.02. The van der Waals surface area contributed by atoms with Crippen LogP contribution >= 0.6 is 11.6 Å². The molecule has 4 heterocycles. The van der Waals surface area contributed by atoms with Crippen molar-refractivity contribution in [3.63, 3.8) is 0 Å². The number of aromatic nitrogens is 4. The summed E-state index contributed by atoms with van der Waals surface area (Å²) in [5.74, 6) is -0.182. The van der Waals surface area contributed by atoms with Crippen molar-refractivity contribution in [1.29, 1.82) is 0 Å². The Morgan fingerprint density at radius 3 is 2.67 bits per heavy atom. The Morgan fingerprint density at radius 2 is 1.89 bits per heavy atom. The fraction of sp³-hybridized carbons (Fsp3) is 0.200. The van der Waals surface area contributed by atoms with Crippen molar-refractivity contribution in [1.82, 2.24) is 19.9 Å². The summed E-state index contributed by atoms with van der Waals surface area (Å²) in [4.78, 5) is 18.5. The molecule has 36 heavy (non-hydrogen) atoms. The Kier molecular flexibility index (Phi) is 7.34. The molecule has 1 fully saturated rings. The zero-order valence-corrected chi connectivity index (χ0v) is 19.9. The number of benzene rings is 1. The van der Waals surface area contributed by atoms with Crippen molar-refractivity contribution in [2.24, 2.45) is 10.2 Å². The second kappa shape index (κ2) is 11.1. The number of halogens is 2. The number of ether oxygens (including phenoxy) is 1. The second-order valence-corrected chi connectivity index (χ2v) is 8.41. The maximum Gasteiger partial charge on any atom is 0.270 e. The lowest BCUT2D eigenvalue weighted by molar-refractivity contribution is 0.122. The van der Waals surface area contributed by atoms with E-state index in [0.29, 0.717) is 37.0 Å². The average Bonchev–Trinajstić information content (AvgIpc) is 2.91. The lowest BCUT2D eigenvalue weighted by Crippen LogP contribution is -2.37. The molecule has 0 atom stereocenters. The smallest absolute Gasteiger partial charge is 0.270 e. The van der Waals surface area contributed by atoms with Gasteiger partial charge in [-0.05, 0) is 42.0 Å². The van der Waals surface area contributed by atoms with Gasteiger partial charge in [0.15, 0.2) is 11.6 Å². The molecule has 0 bridgehead atoms. The van der Waals surface area contributed by atoms with Crippen LogP contribution in [0.25, 0.3) is 11.1 Å². The van der Waals surface area contributed by atoms with Gasteiger partial charge in [-0.2, -0.15) is 10.1 Å². The summed E-state index contributed by atoms with van der Waals surface area (Å²) in [6.07, 6.45) is 6.34. The zero-order chi connectivity index (χ0) is 24.7. The van der Waals surface area contributed by atoms with Crippen LogP contribution in [0.15, 0.2) is 77.5 Å². The van der Waals surface area contributed by atoms with Crippen molar-refractivity contribution in [2.75, 3.05) is 36.5 Å². The molecule has 4 aromatic rings. The number of hydrogen-bond donors (Lipinski definition) is 1. The van der Waals surface area contributed by atoms with Gasteiger partial charge >= 0.3 is 0 Å². The van der Waals surface area contributed by atoms with E-state index in [2.05, 4.69) is 35.5 Å². The molecule has 0 spiro atoms. The van der Waals surface area contributed by atoms with E-state index in [0.717, 1.165) is 28.7 Å². The van der Waals surface area contributed by atoms with Crippen LogP contribution in [-0.4, -0.2) is 46.2 Å². The maximum atomic E-state index is 14.2. The van der Waals surface area contributed by atoms with E-state index in [1.54, 1.807) is 18.6 Å². The zero-order valence-electron chi connectivity index (χ0n) is 19.2. The molecule has 1 N–H and O–H groups in total. The Morgan fingerprint density at radius 1 is 1.00 bits per heavy atom. The van der Waals surface area contributed by atoms with Gasteiger partial charge in [0, 0.05) is 41.8 Å². The molecule has 11 heteroatoms. The fourth-order valence-electron chi connectivity index (χ4n) is 3.69. The van der Waals surface area contributed by atoms with Crippen LogP contribution in [0.2, 0.25) is 5.02 Å². The predicted molar refractivity (Wildman–Crippen MR) is 135 cm³/mol. The van der Waals surface area contributed by atoms with Crippen LogP contribution < -0.4 is 10.2 Å². The molecule has 0 aliphatic carbocycles. The van der Waals surface area contributed by atoms with Gasteiger partial charge in [-0.1, -0.05) is 17.7 Å². The number of pyridine rings is 2. The molecule has 3 aromatic heterocycles. The lowest BCUT2D eigenvalue weighted by Gasteiger charge is -2.27. The Labute approximate surface area is 212 Å². The van der Waals surface area contributed by atoms with Gasteiger partial charge in [-0.25, -0.2) is 9.37 Å². The van der Waals surface area contributed by atoms with Crippen molar-refractivity contribution < 1.29 is 9.13 Å². The lowest BCUT2D eigenvalue weighted by atomic mass is 10.1. The average molecular weight is 505 g/mol. The van der Waals surface area contributed by atoms with E-state index in [1.807, 2.05) is 47.4 Å². The monoisotopic (exact) mass is 504 g/mol. The highest BCUT2D eigenvalue weighted by atomic mass is 35.5. The van der Waals surface area contributed by atoms with Gasteiger partial charge in [0.2, 0.25) is 0 Å². The molecule has 5 rings (SSSR count). The molecule has 1 aliphatic rings. The van der Waals surface area contributed by atoms with E-state index in [1.165, 1.54) is 0 Å². The van der Waals surface area contributed by atoms with E-state index in [9.17, 15) is 4.39 Å². The number of morpholine rings is 1. The quantitative estimate of drug-likeness (QED) is 0.327. The minimum absolute atomic E-state index is 0.0987. The molecular weight excluding hydrogens is 483 g/mol. The number of rotatable bonds is 7. The molecule has 1 saturated heterocycles. The summed E-state index contributed by atoms with van der Waals surface area (Å²) in [7, 11) is 0. The van der Waals surface area contributed by atoms with Gasteiger partial charge in [-0.3, -0.25) is 9.97 Å². The molecular formula is C25H22ClFN8O. The molecule has 1 aliphatic heterocycles. The Balaban J connectivity index is 1.22. The van der Waals surface area contributed by atoms with Gasteiger partial charge in [0.25, 0.3) is 5.95 Å². The number of nitrogens with zero attached hydrogens (tertiary/aromatic N) is 7. The standard InChI is InChI=1S/C25H22ClFN8O/c26-19-10-18(17-2-1-5-28-13-17)11-22(12-19)32-21-4-3-20(29-14-21)15-31-34-25-30-16-23(27)24(33-25)35-6-8-36-9-7-35/h1-5,10-14,16,32H,6-9,15H2. The van der Waals surface area contributed by atoms with Crippen LogP contribution in [0.1, 0.15) is 5.69 Å². The third-order valence-electron chi connectivity index (χ3n) is 5.42. The third kappa shape index (κ3) is 5.96. The van der Waals surface area contributed by atoms with Gasteiger partial charge in [0.05, 0.1) is 37.0 Å².